The Morgan fingerprint density at radius 3 is 2.65 bits per heavy atom. The summed E-state index contributed by atoms with van der Waals surface area (Å²) in [5, 5.41) is 25.5. The fourth-order valence-electron chi connectivity index (χ4n) is 1.21. The van der Waals surface area contributed by atoms with Crippen molar-refractivity contribution in [2.24, 2.45) is 5.10 Å². The fourth-order valence-corrected chi connectivity index (χ4v) is 1.21. The summed E-state index contributed by atoms with van der Waals surface area (Å²) >= 11 is 0. The summed E-state index contributed by atoms with van der Waals surface area (Å²) in [5.41, 5.74) is 1.15. The molecule has 1 aromatic carbocycles. The number of hydrazone groups is 1. The van der Waals surface area contributed by atoms with Crippen molar-refractivity contribution in [3.63, 3.8) is 0 Å². The third kappa shape index (κ3) is 4.92. The Balaban J connectivity index is 2.73. The predicted molar refractivity (Wildman–Crippen MR) is 69.5 cm³/mol. The second kappa shape index (κ2) is 6.00. The van der Waals surface area contributed by atoms with E-state index < -0.39 is 22.4 Å². The van der Waals surface area contributed by atoms with Crippen molar-refractivity contribution in [3.05, 3.63) is 33.9 Å². The number of hydrogen-bond acceptors (Lipinski definition) is 6. The molecule has 1 aromatic rings. The monoisotopic (exact) mass is 280 g/mol. The topological polar surface area (TPSA) is 117 Å². The van der Waals surface area contributed by atoms with Crippen molar-refractivity contribution in [1.29, 1.82) is 0 Å². The van der Waals surface area contributed by atoms with Crippen LogP contribution in [0.15, 0.2) is 23.3 Å². The van der Waals surface area contributed by atoms with Crippen LogP contribution in [0, 0.1) is 10.1 Å². The minimum absolute atomic E-state index is 0.00439. The molecule has 1 N–H and O–H groups in total. The standard InChI is InChI=1S/C12H15N3O5/c1-12(2,3)20-11(17)14-13-7-8-6-9(15(18)19)4-5-10(8)16/h4-7,16H,1-3H3,(H,14,17)/p-1/b13-7-. The van der Waals surface area contributed by atoms with Gasteiger partial charge in [-0.2, -0.15) is 5.10 Å². The predicted octanol–water partition coefficient (Wildman–Crippen LogP) is 1.53. The average molecular weight is 280 g/mol. The first-order chi connectivity index (χ1) is 9.19. The van der Waals surface area contributed by atoms with Gasteiger partial charge in [-0.05, 0) is 26.3 Å². The zero-order valence-electron chi connectivity index (χ0n) is 11.2. The minimum Gasteiger partial charge on any atom is -0.872 e. The molecule has 0 aromatic heterocycles. The van der Waals surface area contributed by atoms with Crippen LogP contribution in [0.2, 0.25) is 0 Å². The normalized spacial score (nSPS) is 11.3. The molecular weight excluding hydrogens is 266 g/mol. The molecular formula is C12H14N3O5-. The van der Waals surface area contributed by atoms with Gasteiger partial charge in [-0.15, -0.1) is 0 Å². The molecule has 0 fully saturated rings. The van der Waals surface area contributed by atoms with E-state index in [9.17, 15) is 20.0 Å². The van der Waals surface area contributed by atoms with Crippen LogP contribution in [0.3, 0.4) is 0 Å². The maximum atomic E-state index is 11.4. The van der Waals surface area contributed by atoms with Gasteiger partial charge < -0.3 is 9.84 Å². The Morgan fingerprint density at radius 1 is 1.45 bits per heavy atom. The van der Waals surface area contributed by atoms with Crippen molar-refractivity contribution < 1.29 is 19.6 Å². The Hall–Kier alpha value is -2.64. The molecule has 1 amide bonds. The highest BCUT2D eigenvalue weighted by atomic mass is 16.6. The number of carbonyl (C=O) groups is 1. The number of nitrogens with one attached hydrogen (secondary N) is 1. The highest BCUT2D eigenvalue weighted by Crippen LogP contribution is 2.18. The molecule has 0 aliphatic heterocycles. The van der Waals surface area contributed by atoms with Crippen LogP contribution in [-0.4, -0.2) is 22.8 Å². The summed E-state index contributed by atoms with van der Waals surface area (Å²) in [4.78, 5) is 21.2. The number of hydrogen-bond donors (Lipinski definition) is 1. The number of rotatable bonds is 3. The molecule has 0 unspecified atom stereocenters. The van der Waals surface area contributed by atoms with Gasteiger partial charge >= 0.3 is 6.09 Å². The highest BCUT2D eigenvalue weighted by Gasteiger charge is 2.15. The summed E-state index contributed by atoms with van der Waals surface area (Å²) < 4.78 is 4.92. The number of ether oxygens (including phenoxy) is 1. The summed E-state index contributed by atoms with van der Waals surface area (Å²) in [5.74, 6) is -0.440. The molecule has 8 nitrogen and oxygen atoms in total. The molecule has 0 radical (unpaired) electrons. The number of nitrogens with zero attached hydrogens (tertiary/aromatic N) is 2. The lowest BCUT2D eigenvalue weighted by molar-refractivity contribution is -0.385. The van der Waals surface area contributed by atoms with E-state index in [0.29, 0.717) is 0 Å². The maximum absolute atomic E-state index is 11.4. The largest absolute Gasteiger partial charge is 0.872 e. The number of carbonyl (C=O) groups excluding carboxylic acids is 1. The number of non-ortho nitro benzene ring substituents is 1. The lowest BCUT2D eigenvalue weighted by atomic mass is 10.2. The van der Waals surface area contributed by atoms with E-state index >= 15 is 0 Å². The van der Waals surface area contributed by atoms with Gasteiger partial charge in [0.1, 0.15) is 5.60 Å². The SMILES string of the molecule is CC(C)(C)OC(=O)N/N=C\c1cc([N+](=O)[O-])ccc1[O-]. The van der Waals surface area contributed by atoms with Crippen LogP contribution >= 0.6 is 0 Å². The van der Waals surface area contributed by atoms with Crippen LogP contribution in [0.25, 0.3) is 0 Å². The molecule has 0 saturated heterocycles. The first-order valence-corrected chi connectivity index (χ1v) is 5.66. The van der Waals surface area contributed by atoms with Gasteiger partial charge in [0.2, 0.25) is 0 Å². The van der Waals surface area contributed by atoms with Crippen molar-refractivity contribution in [2.45, 2.75) is 26.4 Å². The minimum atomic E-state index is -0.786. The smallest absolute Gasteiger partial charge is 0.428 e. The second-order valence-electron chi connectivity index (χ2n) is 4.85. The summed E-state index contributed by atoms with van der Waals surface area (Å²) in [6, 6.07) is 3.23. The van der Waals surface area contributed by atoms with Crippen molar-refractivity contribution in [3.8, 4) is 5.75 Å². The molecule has 1 rings (SSSR count). The van der Waals surface area contributed by atoms with Gasteiger partial charge in [-0.25, -0.2) is 10.2 Å². The molecule has 0 aliphatic carbocycles. The van der Waals surface area contributed by atoms with Crippen LogP contribution in [0.1, 0.15) is 26.3 Å². The molecule has 0 atom stereocenters. The van der Waals surface area contributed by atoms with Crippen molar-refractivity contribution in [2.75, 3.05) is 0 Å². The quantitative estimate of drug-likeness (QED) is 0.511. The molecule has 0 bridgehead atoms. The third-order valence-electron chi connectivity index (χ3n) is 1.96. The molecule has 0 saturated carbocycles. The molecule has 8 heteroatoms. The summed E-state index contributed by atoms with van der Waals surface area (Å²) in [6.07, 6.45) is 0.242. The summed E-state index contributed by atoms with van der Waals surface area (Å²) in [7, 11) is 0. The van der Waals surface area contributed by atoms with Crippen LogP contribution in [-0.2, 0) is 4.74 Å². The second-order valence-corrected chi connectivity index (χ2v) is 4.85. The number of nitro benzene ring substituents is 1. The molecule has 0 aliphatic rings. The Kier molecular flexibility index (Phi) is 4.63. The Morgan fingerprint density at radius 2 is 2.10 bits per heavy atom. The van der Waals surface area contributed by atoms with E-state index in [1.165, 1.54) is 0 Å². The third-order valence-corrected chi connectivity index (χ3v) is 1.96. The van der Waals surface area contributed by atoms with E-state index in [1.54, 1.807) is 20.8 Å². The average Bonchev–Trinajstić information content (AvgIpc) is 2.28. The van der Waals surface area contributed by atoms with Gasteiger partial charge in [-0.3, -0.25) is 10.1 Å². The molecule has 20 heavy (non-hydrogen) atoms. The van der Waals surface area contributed by atoms with Gasteiger partial charge in [-0.1, -0.05) is 11.8 Å². The maximum Gasteiger partial charge on any atom is 0.428 e. The van der Waals surface area contributed by atoms with Crippen molar-refractivity contribution >= 4 is 18.0 Å². The van der Waals surface area contributed by atoms with E-state index in [2.05, 4.69) is 10.5 Å². The highest BCUT2D eigenvalue weighted by molar-refractivity contribution is 5.85. The van der Waals surface area contributed by atoms with Crippen LogP contribution < -0.4 is 10.5 Å². The fraction of sp³-hybridized carbons (Fsp3) is 0.333. The van der Waals surface area contributed by atoms with Gasteiger partial charge in [0.05, 0.1) is 11.1 Å². The van der Waals surface area contributed by atoms with Crippen LogP contribution in [0.5, 0.6) is 5.75 Å². The van der Waals surface area contributed by atoms with E-state index in [-0.39, 0.29) is 11.3 Å². The van der Waals surface area contributed by atoms with Gasteiger partial charge in [0.15, 0.2) is 0 Å². The lowest BCUT2D eigenvalue weighted by Gasteiger charge is -2.18. The number of amides is 1. The van der Waals surface area contributed by atoms with E-state index in [4.69, 9.17) is 4.74 Å². The van der Waals surface area contributed by atoms with Gasteiger partial charge in [0.25, 0.3) is 5.69 Å². The Labute approximate surface area is 115 Å². The van der Waals surface area contributed by atoms with E-state index in [0.717, 1.165) is 24.4 Å². The first kappa shape index (κ1) is 15.4. The number of nitro groups is 1. The zero-order chi connectivity index (χ0) is 15.3. The zero-order valence-corrected chi connectivity index (χ0v) is 11.2. The molecule has 0 heterocycles. The van der Waals surface area contributed by atoms with Crippen LogP contribution in [0.4, 0.5) is 10.5 Å². The summed E-state index contributed by atoms with van der Waals surface area (Å²) in [6.45, 7) is 5.06. The molecule has 108 valence electrons. The molecule has 0 spiro atoms. The van der Waals surface area contributed by atoms with E-state index in [1.807, 2.05) is 0 Å². The lowest BCUT2D eigenvalue weighted by Crippen LogP contribution is -2.29. The van der Waals surface area contributed by atoms with Gasteiger partial charge in [0, 0.05) is 12.1 Å². The van der Waals surface area contributed by atoms with Crippen molar-refractivity contribution in [1.82, 2.24) is 5.43 Å². The Bertz CT molecular complexity index is 549. The first-order valence-electron chi connectivity index (χ1n) is 5.66. The number of benzene rings is 1.